The van der Waals surface area contributed by atoms with Crippen LogP contribution in [0.5, 0.6) is 5.75 Å². The van der Waals surface area contributed by atoms with Gasteiger partial charge in [-0.3, -0.25) is 4.99 Å². The van der Waals surface area contributed by atoms with Crippen LogP contribution in [0.25, 0.3) is 0 Å². The molecule has 4 rings (SSSR count). The van der Waals surface area contributed by atoms with Gasteiger partial charge in [0.25, 0.3) is 0 Å². The van der Waals surface area contributed by atoms with Gasteiger partial charge in [-0.2, -0.15) is 0 Å². The fourth-order valence-corrected chi connectivity index (χ4v) is 4.20. The third kappa shape index (κ3) is 6.21. The molecule has 2 aromatic rings. The second kappa shape index (κ2) is 11.5. The number of pyridine rings is 1. The molecule has 1 saturated heterocycles. The minimum atomic E-state index is -0.278. The molecule has 0 spiro atoms. The molecule has 31 heavy (non-hydrogen) atoms. The lowest BCUT2D eigenvalue weighted by molar-refractivity contribution is 0.208. The second-order valence-corrected chi connectivity index (χ2v) is 7.94. The molecule has 1 unspecified atom stereocenters. The Balaban J connectivity index is 0.00000272. The summed E-state index contributed by atoms with van der Waals surface area (Å²) < 4.78 is 20.2. The number of halogens is 2. The molecule has 168 valence electrons. The lowest BCUT2D eigenvalue weighted by atomic mass is 10.2. The Morgan fingerprint density at radius 3 is 2.77 bits per heavy atom. The number of aliphatic imine (C=N–C) groups is 1. The van der Waals surface area contributed by atoms with Crippen LogP contribution in [0.4, 0.5) is 10.2 Å². The Kier molecular flexibility index (Phi) is 8.74. The Labute approximate surface area is 200 Å². The molecule has 2 heterocycles. The van der Waals surface area contributed by atoms with Crippen molar-refractivity contribution in [3.05, 3.63) is 54.0 Å². The summed E-state index contributed by atoms with van der Waals surface area (Å²) in [4.78, 5) is 10.5. The van der Waals surface area contributed by atoms with Gasteiger partial charge in [0.05, 0.1) is 6.10 Å². The standard InChI is InChI=1S/C23H30FN5O.HI/c1-25-23(28-18-12-14-29(16-18)22-20(24)10-6-13-26-22)27-15-17-7-2-5-11-21(17)30-19-8-3-4-9-19;/h2,5-7,10-11,13,18-19H,3-4,8-9,12,14-16H2,1H3,(H2,25,27,28);1H. The first-order chi connectivity index (χ1) is 14.7. The van der Waals surface area contributed by atoms with Crippen molar-refractivity contribution in [1.29, 1.82) is 0 Å². The molecule has 1 aliphatic heterocycles. The topological polar surface area (TPSA) is 61.8 Å². The number of nitrogens with zero attached hydrogens (tertiary/aromatic N) is 3. The molecule has 1 aliphatic carbocycles. The summed E-state index contributed by atoms with van der Waals surface area (Å²) in [5.74, 6) is 1.83. The number of hydrogen-bond acceptors (Lipinski definition) is 4. The number of para-hydroxylation sites is 1. The zero-order valence-electron chi connectivity index (χ0n) is 17.9. The molecule has 1 atom stereocenters. The van der Waals surface area contributed by atoms with Crippen molar-refractivity contribution in [2.45, 2.75) is 50.8 Å². The first kappa shape index (κ1) is 23.6. The van der Waals surface area contributed by atoms with Gasteiger partial charge < -0.3 is 20.3 Å². The molecule has 1 saturated carbocycles. The maximum Gasteiger partial charge on any atom is 0.191 e. The highest BCUT2D eigenvalue weighted by Crippen LogP contribution is 2.26. The molecule has 0 amide bonds. The van der Waals surface area contributed by atoms with Crippen molar-refractivity contribution in [2.24, 2.45) is 4.99 Å². The summed E-state index contributed by atoms with van der Waals surface area (Å²) in [5.41, 5.74) is 1.12. The number of rotatable bonds is 6. The second-order valence-electron chi connectivity index (χ2n) is 7.94. The van der Waals surface area contributed by atoms with E-state index in [4.69, 9.17) is 4.74 Å². The zero-order chi connectivity index (χ0) is 20.8. The van der Waals surface area contributed by atoms with Crippen LogP contribution in [0.2, 0.25) is 0 Å². The van der Waals surface area contributed by atoms with E-state index >= 15 is 0 Å². The summed E-state index contributed by atoms with van der Waals surface area (Å²) >= 11 is 0. The summed E-state index contributed by atoms with van der Waals surface area (Å²) in [6.07, 6.45) is 7.65. The zero-order valence-corrected chi connectivity index (χ0v) is 20.2. The number of nitrogens with one attached hydrogen (secondary N) is 2. The van der Waals surface area contributed by atoms with Crippen LogP contribution in [-0.4, -0.2) is 43.2 Å². The summed E-state index contributed by atoms with van der Waals surface area (Å²) in [5, 5.41) is 6.85. The van der Waals surface area contributed by atoms with Gasteiger partial charge in [0.15, 0.2) is 17.6 Å². The molecule has 2 N–H and O–H groups in total. The van der Waals surface area contributed by atoms with Gasteiger partial charge in [-0.15, -0.1) is 24.0 Å². The highest BCUT2D eigenvalue weighted by molar-refractivity contribution is 14.0. The Morgan fingerprint density at radius 1 is 1.19 bits per heavy atom. The molecule has 2 fully saturated rings. The molecule has 8 heteroatoms. The first-order valence-electron chi connectivity index (χ1n) is 10.8. The maximum absolute atomic E-state index is 14.0. The van der Waals surface area contributed by atoms with E-state index in [-0.39, 0.29) is 35.8 Å². The molecule has 1 aromatic carbocycles. The summed E-state index contributed by atoms with van der Waals surface area (Å²) in [6, 6.07) is 11.4. The van der Waals surface area contributed by atoms with E-state index in [0.29, 0.717) is 25.0 Å². The fourth-order valence-electron chi connectivity index (χ4n) is 4.20. The predicted molar refractivity (Wildman–Crippen MR) is 133 cm³/mol. The number of anilines is 1. The minimum Gasteiger partial charge on any atom is -0.490 e. The average Bonchev–Trinajstić information content (AvgIpc) is 3.44. The van der Waals surface area contributed by atoms with Crippen LogP contribution in [0, 0.1) is 5.82 Å². The number of guanidine groups is 1. The average molecular weight is 539 g/mol. The number of aromatic nitrogens is 1. The SMILES string of the molecule is CN=C(NCc1ccccc1OC1CCCC1)NC1CCN(c2ncccc2F)C1.I. The van der Waals surface area contributed by atoms with Gasteiger partial charge in [-0.25, -0.2) is 9.37 Å². The molecule has 0 radical (unpaired) electrons. The third-order valence-corrected chi connectivity index (χ3v) is 5.81. The van der Waals surface area contributed by atoms with E-state index in [0.717, 1.165) is 43.1 Å². The van der Waals surface area contributed by atoms with Crippen molar-refractivity contribution in [2.75, 3.05) is 25.0 Å². The highest BCUT2D eigenvalue weighted by Gasteiger charge is 2.26. The van der Waals surface area contributed by atoms with E-state index in [1.165, 1.54) is 18.9 Å². The molecular weight excluding hydrogens is 508 g/mol. The lowest BCUT2D eigenvalue weighted by Crippen LogP contribution is -2.44. The fraction of sp³-hybridized carbons (Fsp3) is 0.478. The van der Waals surface area contributed by atoms with Gasteiger partial charge in [0.2, 0.25) is 0 Å². The number of ether oxygens (including phenoxy) is 1. The Hall–Kier alpha value is -2.10. The van der Waals surface area contributed by atoms with Gasteiger partial charge >= 0.3 is 0 Å². The van der Waals surface area contributed by atoms with Crippen LogP contribution in [-0.2, 0) is 6.54 Å². The van der Waals surface area contributed by atoms with Gasteiger partial charge in [0.1, 0.15) is 5.75 Å². The van der Waals surface area contributed by atoms with Crippen molar-refractivity contribution in [3.8, 4) is 5.75 Å². The monoisotopic (exact) mass is 539 g/mol. The van der Waals surface area contributed by atoms with Crippen LogP contribution >= 0.6 is 24.0 Å². The van der Waals surface area contributed by atoms with Crippen molar-refractivity contribution >= 4 is 35.8 Å². The summed E-state index contributed by atoms with van der Waals surface area (Å²) in [6.45, 7) is 2.09. The van der Waals surface area contributed by atoms with Crippen LogP contribution in [0.1, 0.15) is 37.7 Å². The van der Waals surface area contributed by atoms with Gasteiger partial charge in [0, 0.05) is 44.5 Å². The highest BCUT2D eigenvalue weighted by atomic mass is 127. The first-order valence-corrected chi connectivity index (χ1v) is 10.8. The van der Waals surface area contributed by atoms with Crippen LogP contribution in [0.15, 0.2) is 47.6 Å². The predicted octanol–water partition coefficient (Wildman–Crippen LogP) is 4.10. The van der Waals surface area contributed by atoms with Gasteiger partial charge in [-0.05, 0) is 50.3 Å². The van der Waals surface area contributed by atoms with E-state index in [1.807, 2.05) is 23.1 Å². The Morgan fingerprint density at radius 2 is 2.00 bits per heavy atom. The van der Waals surface area contributed by atoms with Crippen molar-refractivity contribution in [3.63, 3.8) is 0 Å². The van der Waals surface area contributed by atoms with E-state index in [9.17, 15) is 4.39 Å². The Bertz CT molecular complexity index is 875. The summed E-state index contributed by atoms with van der Waals surface area (Å²) in [7, 11) is 1.77. The largest absolute Gasteiger partial charge is 0.490 e. The maximum atomic E-state index is 14.0. The van der Waals surface area contributed by atoms with Crippen LogP contribution < -0.4 is 20.3 Å². The van der Waals surface area contributed by atoms with Crippen LogP contribution in [0.3, 0.4) is 0 Å². The van der Waals surface area contributed by atoms with Crippen molar-refractivity contribution < 1.29 is 9.13 Å². The quantitative estimate of drug-likeness (QED) is 0.329. The van der Waals surface area contributed by atoms with E-state index in [2.05, 4.69) is 26.7 Å². The smallest absolute Gasteiger partial charge is 0.191 e. The molecule has 6 nitrogen and oxygen atoms in total. The molecular formula is C23H31FIN5O. The number of benzene rings is 1. The van der Waals surface area contributed by atoms with Crippen molar-refractivity contribution in [1.82, 2.24) is 15.6 Å². The minimum absolute atomic E-state index is 0. The lowest BCUT2D eigenvalue weighted by Gasteiger charge is -2.21. The molecule has 2 aliphatic rings. The van der Waals surface area contributed by atoms with E-state index < -0.39 is 0 Å². The normalized spacial score (nSPS) is 19.2. The third-order valence-electron chi connectivity index (χ3n) is 5.81. The van der Waals surface area contributed by atoms with Gasteiger partial charge in [-0.1, -0.05) is 18.2 Å². The number of hydrogen-bond donors (Lipinski definition) is 2. The molecule has 0 bridgehead atoms. The molecule has 1 aromatic heterocycles. The van der Waals surface area contributed by atoms with E-state index in [1.54, 1.807) is 19.3 Å².